The van der Waals surface area contributed by atoms with Gasteiger partial charge in [0.15, 0.2) is 0 Å². The second kappa shape index (κ2) is 6.79. The molecule has 0 radical (unpaired) electrons. The average Bonchev–Trinajstić information content (AvgIpc) is 2.72. The van der Waals surface area contributed by atoms with Crippen LogP contribution in [0.5, 0.6) is 0 Å². The average molecular weight is 350 g/mol. The fourth-order valence-corrected chi connectivity index (χ4v) is 5.62. The number of thioether (sulfide) groups is 2. The molecule has 128 valence electrons. The zero-order valence-electron chi connectivity index (χ0n) is 14.0. The molecule has 2 atom stereocenters. The summed E-state index contributed by atoms with van der Waals surface area (Å²) < 4.78 is 11.4. The lowest BCUT2D eigenvalue weighted by Crippen LogP contribution is -2.55. The molecule has 2 fully saturated rings. The maximum atomic E-state index is 12.6. The summed E-state index contributed by atoms with van der Waals surface area (Å²) in [5.74, 6) is 2.11. The summed E-state index contributed by atoms with van der Waals surface area (Å²) in [4.78, 5) is 14.1. The van der Waals surface area contributed by atoms with Gasteiger partial charge in [-0.25, -0.2) is 4.79 Å². The van der Waals surface area contributed by atoms with E-state index in [9.17, 15) is 9.90 Å². The molecule has 0 aliphatic carbocycles. The fraction of sp³-hybridized carbons (Fsp3) is 0.933. The number of amides is 1. The Labute approximate surface area is 141 Å². The molecule has 1 N–H and O–H groups in total. The zero-order chi connectivity index (χ0) is 16.5. The van der Waals surface area contributed by atoms with Crippen molar-refractivity contribution in [2.75, 3.05) is 18.1 Å². The Morgan fingerprint density at radius 3 is 2.50 bits per heavy atom. The van der Waals surface area contributed by atoms with Crippen LogP contribution in [0.3, 0.4) is 0 Å². The lowest BCUT2D eigenvalue weighted by Gasteiger charge is -2.38. The zero-order valence-corrected chi connectivity index (χ0v) is 15.6. The molecule has 7 heteroatoms. The van der Waals surface area contributed by atoms with Gasteiger partial charge < -0.3 is 14.6 Å². The SMILES string of the molecule is CC(C)(C)OC(=O)N1[C@H]([C@H](O)C2SCCCS2)COC1(C)C. The number of nitrogens with zero attached hydrogens (tertiary/aromatic N) is 1. The van der Waals surface area contributed by atoms with Gasteiger partial charge in [-0.3, -0.25) is 4.90 Å². The van der Waals surface area contributed by atoms with E-state index in [1.54, 1.807) is 28.4 Å². The monoisotopic (exact) mass is 349 g/mol. The van der Waals surface area contributed by atoms with Crippen LogP contribution in [-0.4, -0.2) is 62.3 Å². The molecule has 0 spiro atoms. The van der Waals surface area contributed by atoms with E-state index in [2.05, 4.69) is 0 Å². The number of hydrogen-bond acceptors (Lipinski definition) is 6. The van der Waals surface area contributed by atoms with E-state index in [1.165, 1.54) is 6.42 Å². The number of aliphatic hydroxyl groups is 1. The molecule has 1 amide bonds. The summed E-state index contributed by atoms with van der Waals surface area (Å²) in [5, 5.41) is 10.8. The molecule has 0 aromatic carbocycles. The highest BCUT2D eigenvalue weighted by Crippen LogP contribution is 2.39. The first-order valence-electron chi connectivity index (χ1n) is 7.69. The van der Waals surface area contributed by atoms with Gasteiger partial charge in [0.1, 0.15) is 11.3 Å². The van der Waals surface area contributed by atoms with Gasteiger partial charge in [0.25, 0.3) is 0 Å². The van der Waals surface area contributed by atoms with Crippen LogP contribution in [0.25, 0.3) is 0 Å². The second-order valence-electron chi connectivity index (χ2n) is 7.13. The minimum atomic E-state index is -0.766. The van der Waals surface area contributed by atoms with Crippen molar-refractivity contribution in [1.82, 2.24) is 4.90 Å². The van der Waals surface area contributed by atoms with Gasteiger partial charge in [0.05, 0.1) is 23.3 Å². The Morgan fingerprint density at radius 1 is 1.36 bits per heavy atom. The number of aliphatic hydroxyl groups excluding tert-OH is 1. The maximum Gasteiger partial charge on any atom is 0.412 e. The fourth-order valence-electron chi connectivity index (χ4n) is 2.63. The Balaban J connectivity index is 2.13. The van der Waals surface area contributed by atoms with Crippen LogP contribution in [0, 0.1) is 0 Å². The molecule has 0 aromatic rings. The number of hydrogen-bond donors (Lipinski definition) is 1. The van der Waals surface area contributed by atoms with Crippen molar-refractivity contribution < 1.29 is 19.4 Å². The topological polar surface area (TPSA) is 59.0 Å². The van der Waals surface area contributed by atoms with Crippen LogP contribution >= 0.6 is 23.5 Å². The van der Waals surface area contributed by atoms with Gasteiger partial charge in [-0.05, 0) is 52.5 Å². The van der Waals surface area contributed by atoms with Crippen molar-refractivity contribution in [3.05, 3.63) is 0 Å². The van der Waals surface area contributed by atoms with E-state index in [4.69, 9.17) is 9.47 Å². The Bertz CT molecular complexity index is 405. The minimum Gasteiger partial charge on any atom is -0.444 e. The smallest absolute Gasteiger partial charge is 0.412 e. The molecular weight excluding hydrogens is 322 g/mol. The predicted molar refractivity (Wildman–Crippen MR) is 91.2 cm³/mol. The van der Waals surface area contributed by atoms with Gasteiger partial charge in [-0.2, -0.15) is 0 Å². The highest BCUT2D eigenvalue weighted by Gasteiger charge is 2.50. The normalized spacial score (nSPS) is 27.7. The van der Waals surface area contributed by atoms with Crippen molar-refractivity contribution in [2.24, 2.45) is 0 Å². The summed E-state index contributed by atoms with van der Waals surface area (Å²) in [6, 6.07) is -0.368. The Hall–Kier alpha value is -0.110. The van der Waals surface area contributed by atoms with Crippen molar-refractivity contribution >= 4 is 29.6 Å². The molecule has 0 bridgehead atoms. The van der Waals surface area contributed by atoms with Crippen LogP contribution in [-0.2, 0) is 9.47 Å². The number of carbonyl (C=O) groups is 1. The van der Waals surface area contributed by atoms with Gasteiger partial charge >= 0.3 is 6.09 Å². The van der Waals surface area contributed by atoms with E-state index in [-0.39, 0.29) is 10.6 Å². The van der Waals surface area contributed by atoms with Gasteiger partial charge in [0.2, 0.25) is 0 Å². The van der Waals surface area contributed by atoms with Crippen molar-refractivity contribution in [1.29, 1.82) is 0 Å². The minimum absolute atomic E-state index is 0.0844. The summed E-state index contributed by atoms with van der Waals surface area (Å²) in [6.07, 6.45) is 0.121. The van der Waals surface area contributed by atoms with Crippen LogP contribution in [0.4, 0.5) is 4.79 Å². The molecule has 22 heavy (non-hydrogen) atoms. The molecule has 2 saturated heterocycles. The van der Waals surface area contributed by atoms with Gasteiger partial charge in [-0.1, -0.05) is 0 Å². The van der Waals surface area contributed by atoms with E-state index in [0.29, 0.717) is 6.61 Å². The first-order valence-corrected chi connectivity index (χ1v) is 9.79. The van der Waals surface area contributed by atoms with Crippen molar-refractivity contribution in [2.45, 2.75) is 69.1 Å². The molecule has 0 unspecified atom stereocenters. The third kappa shape index (κ3) is 4.24. The molecule has 0 saturated carbocycles. The number of rotatable bonds is 2. The largest absolute Gasteiger partial charge is 0.444 e. The molecule has 2 rings (SSSR count). The van der Waals surface area contributed by atoms with Gasteiger partial charge in [0, 0.05) is 0 Å². The molecule has 2 aliphatic heterocycles. The van der Waals surface area contributed by atoms with Crippen LogP contribution in [0.2, 0.25) is 0 Å². The molecule has 2 heterocycles. The second-order valence-corrected chi connectivity index (χ2v) is 9.93. The highest BCUT2D eigenvalue weighted by molar-refractivity contribution is 8.17. The Morgan fingerprint density at radius 2 is 1.95 bits per heavy atom. The highest BCUT2D eigenvalue weighted by atomic mass is 32.2. The van der Waals surface area contributed by atoms with Gasteiger partial charge in [-0.15, -0.1) is 23.5 Å². The first-order chi connectivity index (χ1) is 10.1. The standard InChI is InChI=1S/C15H27NO4S2/c1-14(2,3)20-13(18)16-10(9-19-15(16,4)5)11(17)12-21-7-6-8-22-12/h10-12,17H,6-9H2,1-5H3/t10-,11-/m0/s1. The third-order valence-electron chi connectivity index (χ3n) is 3.64. The number of carbonyl (C=O) groups excluding carboxylic acids is 1. The lowest BCUT2D eigenvalue weighted by molar-refractivity contribution is -0.0671. The van der Waals surface area contributed by atoms with Crippen LogP contribution < -0.4 is 0 Å². The van der Waals surface area contributed by atoms with Crippen LogP contribution in [0.1, 0.15) is 41.0 Å². The molecule has 0 aromatic heterocycles. The summed E-state index contributed by atoms with van der Waals surface area (Å²) in [7, 11) is 0. The van der Waals surface area contributed by atoms with E-state index >= 15 is 0 Å². The Kier molecular flexibility index (Phi) is 5.63. The van der Waals surface area contributed by atoms with E-state index < -0.39 is 23.5 Å². The summed E-state index contributed by atoms with van der Waals surface area (Å²) in [5.41, 5.74) is -1.34. The van der Waals surface area contributed by atoms with E-state index in [0.717, 1.165) is 11.5 Å². The van der Waals surface area contributed by atoms with Crippen LogP contribution in [0.15, 0.2) is 0 Å². The number of ether oxygens (including phenoxy) is 2. The van der Waals surface area contributed by atoms with Crippen molar-refractivity contribution in [3.8, 4) is 0 Å². The quantitative estimate of drug-likeness (QED) is 0.827. The summed E-state index contributed by atoms with van der Waals surface area (Å²) in [6.45, 7) is 9.54. The predicted octanol–water partition coefficient (Wildman–Crippen LogP) is 2.92. The van der Waals surface area contributed by atoms with Crippen molar-refractivity contribution in [3.63, 3.8) is 0 Å². The third-order valence-corrected chi connectivity index (χ3v) is 6.72. The first kappa shape index (κ1) is 18.2. The molecule has 2 aliphatic rings. The molecule has 5 nitrogen and oxygen atoms in total. The lowest BCUT2D eigenvalue weighted by atomic mass is 10.1. The molecular formula is C15H27NO4S2. The maximum absolute atomic E-state index is 12.6. The van der Waals surface area contributed by atoms with E-state index in [1.807, 2.05) is 34.6 Å². The summed E-state index contributed by atoms with van der Waals surface area (Å²) >= 11 is 3.53.